The lowest BCUT2D eigenvalue weighted by Crippen LogP contribution is -2.33. The minimum Gasteiger partial charge on any atom is -0.366 e. The Kier molecular flexibility index (Phi) is 7.19. The summed E-state index contributed by atoms with van der Waals surface area (Å²) in [5, 5.41) is 6.54. The molecule has 0 bridgehead atoms. The Balaban J connectivity index is 2.36. The second kappa shape index (κ2) is 8.64. The molecule has 1 atom stereocenters. The molecule has 5 nitrogen and oxygen atoms in total. The van der Waals surface area contributed by atoms with E-state index >= 15 is 0 Å². The average molecular weight is 312 g/mol. The molecule has 0 saturated carbocycles. The van der Waals surface area contributed by atoms with Gasteiger partial charge in [-0.15, -0.1) is 0 Å². The van der Waals surface area contributed by atoms with Crippen LogP contribution in [0.5, 0.6) is 0 Å². The molecule has 0 aromatic heterocycles. The van der Waals surface area contributed by atoms with Crippen LogP contribution in [0.4, 0.5) is 0 Å². The molecular formula is C15H22ClN3O2. The fourth-order valence-corrected chi connectivity index (χ4v) is 1.97. The molecule has 2 amide bonds. The third-order valence-electron chi connectivity index (χ3n) is 3.20. The third kappa shape index (κ3) is 6.14. The predicted octanol–water partition coefficient (Wildman–Crippen LogP) is 1.83. The number of rotatable bonds is 8. The first-order valence-electron chi connectivity index (χ1n) is 7.02. The van der Waals surface area contributed by atoms with Gasteiger partial charge in [0, 0.05) is 36.1 Å². The summed E-state index contributed by atoms with van der Waals surface area (Å²) in [7, 11) is 0. The third-order valence-corrected chi connectivity index (χ3v) is 3.55. The van der Waals surface area contributed by atoms with Crippen molar-refractivity contribution in [3.05, 3.63) is 34.3 Å². The number of amides is 2. The molecule has 6 heteroatoms. The number of primary amides is 1. The van der Waals surface area contributed by atoms with Crippen molar-refractivity contribution in [1.29, 1.82) is 0 Å². The van der Waals surface area contributed by atoms with E-state index in [9.17, 15) is 9.59 Å². The summed E-state index contributed by atoms with van der Waals surface area (Å²) < 4.78 is 0. The molecular weight excluding hydrogens is 290 g/mol. The largest absolute Gasteiger partial charge is 0.366 e. The molecule has 4 N–H and O–H groups in total. The van der Waals surface area contributed by atoms with Gasteiger partial charge in [0.05, 0.1) is 0 Å². The zero-order chi connectivity index (χ0) is 15.8. The summed E-state index contributed by atoms with van der Waals surface area (Å²) in [5.41, 5.74) is 6.43. The van der Waals surface area contributed by atoms with Crippen molar-refractivity contribution in [2.45, 2.75) is 39.3 Å². The van der Waals surface area contributed by atoms with E-state index in [1.807, 2.05) is 13.8 Å². The number of halogens is 1. The van der Waals surface area contributed by atoms with Crippen LogP contribution in [-0.4, -0.2) is 24.4 Å². The molecule has 1 rings (SSSR count). The van der Waals surface area contributed by atoms with Crippen LogP contribution in [-0.2, 0) is 11.3 Å². The van der Waals surface area contributed by atoms with Crippen molar-refractivity contribution in [2.75, 3.05) is 6.54 Å². The van der Waals surface area contributed by atoms with Gasteiger partial charge in [-0.3, -0.25) is 9.59 Å². The minimum absolute atomic E-state index is 0.0343. The second-order valence-corrected chi connectivity index (χ2v) is 5.38. The van der Waals surface area contributed by atoms with Gasteiger partial charge in [-0.05, 0) is 31.0 Å². The summed E-state index contributed by atoms with van der Waals surface area (Å²) in [6.07, 6.45) is 1.34. The summed E-state index contributed by atoms with van der Waals surface area (Å²) in [6, 6.07) is 5.15. The van der Waals surface area contributed by atoms with Gasteiger partial charge >= 0.3 is 0 Å². The molecule has 0 fully saturated rings. The molecule has 0 saturated heterocycles. The van der Waals surface area contributed by atoms with E-state index in [1.54, 1.807) is 18.2 Å². The molecule has 0 aliphatic rings. The summed E-state index contributed by atoms with van der Waals surface area (Å²) in [5.74, 6) is -0.467. The Morgan fingerprint density at radius 2 is 2.10 bits per heavy atom. The Morgan fingerprint density at radius 1 is 1.38 bits per heavy atom. The van der Waals surface area contributed by atoms with Crippen molar-refractivity contribution in [1.82, 2.24) is 10.6 Å². The average Bonchev–Trinajstić information content (AvgIpc) is 2.44. The van der Waals surface area contributed by atoms with Crippen molar-refractivity contribution in [3.63, 3.8) is 0 Å². The van der Waals surface area contributed by atoms with E-state index in [1.165, 1.54) is 0 Å². The van der Waals surface area contributed by atoms with Crippen LogP contribution >= 0.6 is 11.6 Å². The first-order chi connectivity index (χ1) is 9.93. The van der Waals surface area contributed by atoms with Gasteiger partial charge in [-0.1, -0.05) is 24.6 Å². The molecule has 21 heavy (non-hydrogen) atoms. The molecule has 1 unspecified atom stereocenters. The smallest absolute Gasteiger partial charge is 0.248 e. The number of benzene rings is 1. The topological polar surface area (TPSA) is 84.2 Å². The highest BCUT2D eigenvalue weighted by Gasteiger charge is 2.07. The highest BCUT2D eigenvalue weighted by Crippen LogP contribution is 2.17. The van der Waals surface area contributed by atoms with Gasteiger partial charge in [0.15, 0.2) is 0 Å². The first kappa shape index (κ1) is 17.5. The van der Waals surface area contributed by atoms with E-state index in [2.05, 4.69) is 10.6 Å². The zero-order valence-electron chi connectivity index (χ0n) is 12.4. The van der Waals surface area contributed by atoms with Crippen molar-refractivity contribution < 1.29 is 9.59 Å². The maximum atomic E-state index is 11.6. The molecule has 0 aliphatic heterocycles. The Labute approximate surface area is 130 Å². The lowest BCUT2D eigenvalue weighted by Gasteiger charge is -2.12. The Morgan fingerprint density at radius 3 is 2.67 bits per heavy atom. The molecule has 0 heterocycles. The molecule has 0 spiro atoms. The normalized spacial score (nSPS) is 12.0. The Hall–Kier alpha value is -1.59. The quantitative estimate of drug-likeness (QED) is 0.640. The van der Waals surface area contributed by atoms with E-state index in [4.69, 9.17) is 17.3 Å². The van der Waals surface area contributed by atoms with E-state index < -0.39 is 5.91 Å². The monoisotopic (exact) mass is 311 g/mol. The summed E-state index contributed by atoms with van der Waals surface area (Å²) in [4.78, 5) is 22.6. The van der Waals surface area contributed by atoms with Gasteiger partial charge in [0.25, 0.3) is 0 Å². The van der Waals surface area contributed by atoms with Crippen LogP contribution in [0, 0.1) is 0 Å². The number of carbonyl (C=O) groups excluding carboxylic acids is 2. The van der Waals surface area contributed by atoms with Crippen molar-refractivity contribution >= 4 is 23.4 Å². The molecule has 1 aromatic carbocycles. The summed E-state index contributed by atoms with van der Waals surface area (Å²) in [6.45, 7) is 5.11. The fraction of sp³-hybridized carbons (Fsp3) is 0.467. The van der Waals surface area contributed by atoms with E-state index in [-0.39, 0.29) is 11.9 Å². The number of nitrogens with one attached hydrogen (secondary N) is 2. The van der Waals surface area contributed by atoms with Gasteiger partial charge < -0.3 is 16.4 Å². The van der Waals surface area contributed by atoms with Crippen LogP contribution in [0.1, 0.15) is 42.6 Å². The molecule has 1 aromatic rings. The number of hydrogen-bond acceptors (Lipinski definition) is 3. The van der Waals surface area contributed by atoms with Crippen LogP contribution < -0.4 is 16.4 Å². The summed E-state index contributed by atoms with van der Waals surface area (Å²) >= 11 is 6.08. The second-order valence-electron chi connectivity index (χ2n) is 4.97. The van der Waals surface area contributed by atoms with Crippen LogP contribution in [0.2, 0.25) is 5.02 Å². The molecule has 116 valence electrons. The maximum Gasteiger partial charge on any atom is 0.248 e. The van der Waals surface area contributed by atoms with E-state index in [0.29, 0.717) is 30.1 Å². The predicted molar refractivity (Wildman–Crippen MR) is 84.2 cm³/mol. The lowest BCUT2D eigenvalue weighted by atomic mass is 10.1. The minimum atomic E-state index is -0.502. The highest BCUT2D eigenvalue weighted by molar-refractivity contribution is 6.31. The van der Waals surface area contributed by atoms with Crippen LogP contribution in [0.3, 0.4) is 0 Å². The fourth-order valence-electron chi connectivity index (χ4n) is 1.72. The zero-order valence-corrected chi connectivity index (χ0v) is 13.2. The van der Waals surface area contributed by atoms with Gasteiger partial charge in [0.1, 0.15) is 0 Å². The van der Waals surface area contributed by atoms with Crippen molar-refractivity contribution in [2.24, 2.45) is 5.73 Å². The number of nitrogens with two attached hydrogens (primary N) is 1. The van der Waals surface area contributed by atoms with Crippen LogP contribution in [0.25, 0.3) is 0 Å². The highest BCUT2D eigenvalue weighted by atomic mass is 35.5. The van der Waals surface area contributed by atoms with Crippen molar-refractivity contribution in [3.8, 4) is 0 Å². The molecule has 0 aliphatic carbocycles. The Bertz CT molecular complexity index is 506. The van der Waals surface area contributed by atoms with Gasteiger partial charge in [-0.25, -0.2) is 0 Å². The van der Waals surface area contributed by atoms with Gasteiger partial charge in [-0.2, -0.15) is 0 Å². The number of hydrogen-bond donors (Lipinski definition) is 3. The first-order valence-corrected chi connectivity index (χ1v) is 7.40. The molecule has 0 radical (unpaired) electrons. The van der Waals surface area contributed by atoms with Crippen LogP contribution in [0.15, 0.2) is 18.2 Å². The van der Waals surface area contributed by atoms with E-state index in [0.717, 1.165) is 12.0 Å². The SMILES string of the molecule is CCC(C)NC(=O)CCNCc1ccc(C(N)=O)cc1Cl. The lowest BCUT2D eigenvalue weighted by molar-refractivity contribution is -0.121. The number of carbonyl (C=O) groups is 2. The standard InChI is InChI=1S/C15H22ClN3O2/c1-3-10(2)19-14(20)6-7-18-9-12-5-4-11(15(17)21)8-13(12)16/h4-5,8,10,18H,3,6-7,9H2,1-2H3,(H2,17,21)(H,19,20). The maximum absolute atomic E-state index is 11.6. The van der Waals surface area contributed by atoms with Gasteiger partial charge in [0.2, 0.25) is 11.8 Å².